The van der Waals surface area contributed by atoms with Crippen LogP contribution in [-0.2, 0) is 4.79 Å². The number of fused-ring (bicyclic) bond motifs is 1. The second-order valence-corrected chi connectivity index (χ2v) is 4.88. The number of ether oxygens (including phenoxy) is 1. The van der Waals surface area contributed by atoms with Gasteiger partial charge in [0.05, 0.1) is 7.11 Å². The predicted molar refractivity (Wildman–Crippen MR) is 76.3 cm³/mol. The Morgan fingerprint density at radius 3 is 3.00 bits per heavy atom. The van der Waals surface area contributed by atoms with Crippen molar-refractivity contribution < 1.29 is 14.6 Å². The normalized spacial score (nSPS) is 18.4. The highest BCUT2D eigenvalue weighted by Crippen LogP contribution is 2.34. The van der Waals surface area contributed by atoms with Crippen LogP contribution < -0.4 is 9.64 Å². The Bertz CT molecular complexity index is 657. The van der Waals surface area contributed by atoms with Gasteiger partial charge in [-0.3, -0.25) is 0 Å². The maximum absolute atomic E-state index is 11.4. The number of carboxylic acids is 1. The Hall–Kier alpha value is -2.30. The second-order valence-electron chi connectivity index (χ2n) is 4.88. The summed E-state index contributed by atoms with van der Waals surface area (Å²) in [6.07, 6.45) is 3.28. The van der Waals surface area contributed by atoms with Crippen molar-refractivity contribution in [1.29, 1.82) is 0 Å². The number of methoxy groups -OCH3 is 1. The lowest BCUT2D eigenvalue weighted by Gasteiger charge is -2.25. The fourth-order valence-corrected chi connectivity index (χ4v) is 2.89. The van der Waals surface area contributed by atoms with E-state index in [1.165, 1.54) is 0 Å². The van der Waals surface area contributed by atoms with Crippen molar-refractivity contribution in [3.63, 3.8) is 0 Å². The molecule has 1 aliphatic heterocycles. The summed E-state index contributed by atoms with van der Waals surface area (Å²) >= 11 is 0. The molecule has 104 valence electrons. The number of pyridine rings is 1. The zero-order valence-corrected chi connectivity index (χ0v) is 11.2. The highest BCUT2D eigenvalue weighted by atomic mass is 16.5. The van der Waals surface area contributed by atoms with Crippen LogP contribution >= 0.6 is 0 Å². The number of benzene rings is 1. The van der Waals surface area contributed by atoms with Gasteiger partial charge in [0.1, 0.15) is 6.04 Å². The molecule has 0 aliphatic carbocycles. The van der Waals surface area contributed by atoms with Gasteiger partial charge in [0, 0.05) is 29.2 Å². The number of carboxylic acid groups (broad SMARTS) is 1. The van der Waals surface area contributed by atoms with E-state index in [4.69, 9.17) is 4.74 Å². The smallest absolute Gasteiger partial charge is 0.326 e. The van der Waals surface area contributed by atoms with Crippen LogP contribution in [0.1, 0.15) is 12.8 Å². The maximum Gasteiger partial charge on any atom is 0.326 e. The molecular weight excluding hydrogens is 256 g/mol. The Morgan fingerprint density at radius 1 is 1.40 bits per heavy atom. The van der Waals surface area contributed by atoms with E-state index in [0.29, 0.717) is 12.3 Å². The zero-order chi connectivity index (χ0) is 14.1. The highest BCUT2D eigenvalue weighted by Gasteiger charge is 2.31. The number of aromatic nitrogens is 1. The largest absolute Gasteiger partial charge is 0.481 e. The molecular formula is C15H16N2O3. The molecule has 1 saturated heterocycles. The summed E-state index contributed by atoms with van der Waals surface area (Å²) in [5.74, 6) is -0.198. The van der Waals surface area contributed by atoms with E-state index in [-0.39, 0.29) is 0 Å². The molecule has 5 nitrogen and oxygen atoms in total. The Morgan fingerprint density at radius 2 is 2.25 bits per heavy atom. The average molecular weight is 272 g/mol. The van der Waals surface area contributed by atoms with Gasteiger partial charge in [-0.1, -0.05) is 6.07 Å². The lowest BCUT2D eigenvalue weighted by molar-refractivity contribution is -0.138. The molecule has 0 spiro atoms. The van der Waals surface area contributed by atoms with Crippen molar-refractivity contribution in [1.82, 2.24) is 4.98 Å². The van der Waals surface area contributed by atoms with Crippen molar-refractivity contribution in [2.45, 2.75) is 18.9 Å². The Balaban J connectivity index is 2.14. The minimum absolute atomic E-state index is 0.445. The number of hydrogen-bond donors (Lipinski definition) is 1. The van der Waals surface area contributed by atoms with Crippen molar-refractivity contribution in [2.24, 2.45) is 0 Å². The number of carbonyl (C=O) groups is 1. The van der Waals surface area contributed by atoms with Gasteiger partial charge in [0.2, 0.25) is 5.88 Å². The third kappa shape index (κ3) is 1.95. The number of aliphatic carboxylic acids is 1. The second kappa shape index (κ2) is 5.00. The standard InChI is InChI=1S/C15H16N2O3/c1-20-14-11-4-2-5-12(10(11)7-8-16-14)17-9-3-6-13(17)15(18)19/h2,4-5,7-8,13H,3,6,9H2,1H3,(H,18,19). The quantitative estimate of drug-likeness (QED) is 0.928. The molecule has 5 heteroatoms. The molecule has 0 radical (unpaired) electrons. The molecule has 0 bridgehead atoms. The summed E-state index contributed by atoms with van der Waals surface area (Å²) in [4.78, 5) is 17.5. The average Bonchev–Trinajstić information content (AvgIpc) is 2.95. The third-order valence-corrected chi connectivity index (χ3v) is 3.79. The Kier molecular flexibility index (Phi) is 3.18. The van der Waals surface area contributed by atoms with Crippen LogP contribution in [-0.4, -0.2) is 35.8 Å². The SMILES string of the molecule is COc1nccc2c(N3CCCC3C(=O)O)cccc12. The van der Waals surface area contributed by atoms with E-state index in [2.05, 4.69) is 4.98 Å². The number of nitrogens with zero attached hydrogens (tertiary/aromatic N) is 2. The monoisotopic (exact) mass is 272 g/mol. The minimum Gasteiger partial charge on any atom is -0.481 e. The highest BCUT2D eigenvalue weighted by molar-refractivity contribution is 5.98. The first kappa shape index (κ1) is 12.7. The van der Waals surface area contributed by atoms with Gasteiger partial charge in [0.25, 0.3) is 0 Å². The Labute approximate surface area is 116 Å². The van der Waals surface area contributed by atoms with E-state index in [1.54, 1.807) is 13.3 Å². The summed E-state index contributed by atoms with van der Waals surface area (Å²) in [6, 6.07) is 7.28. The molecule has 1 aromatic heterocycles. The van der Waals surface area contributed by atoms with Crippen molar-refractivity contribution >= 4 is 22.4 Å². The van der Waals surface area contributed by atoms with E-state index >= 15 is 0 Å². The van der Waals surface area contributed by atoms with E-state index in [9.17, 15) is 9.90 Å². The van der Waals surface area contributed by atoms with Gasteiger partial charge in [-0.2, -0.15) is 0 Å². The predicted octanol–water partition coefficient (Wildman–Crippen LogP) is 2.30. The van der Waals surface area contributed by atoms with Crippen molar-refractivity contribution in [2.75, 3.05) is 18.6 Å². The van der Waals surface area contributed by atoms with Gasteiger partial charge >= 0.3 is 5.97 Å². The van der Waals surface area contributed by atoms with Gasteiger partial charge in [-0.05, 0) is 31.0 Å². The van der Waals surface area contributed by atoms with Gasteiger partial charge in [-0.25, -0.2) is 9.78 Å². The number of anilines is 1. The molecule has 1 N–H and O–H groups in total. The van der Waals surface area contributed by atoms with Gasteiger partial charge < -0.3 is 14.7 Å². The molecule has 1 aromatic carbocycles. The van der Waals surface area contributed by atoms with E-state index in [0.717, 1.165) is 29.4 Å². The van der Waals surface area contributed by atoms with E-state index in [1.807, 2.05) is 29.2 Å². The first-order valence-corrected chi connectivity index (χ1v) is 6.63. The molecule has 1 aliphatic rings. The fourth-order valence-electron chi connectivity index (χ4n) is 2.89. The summed E-state index contributed by atoms with van der Waals surface area (Å²) in [5, 5.41) is 11.2. The number of rotatable bonds is 3. The maximum atomic E-state index is 11.4. The van der Waals surface area contributed by atoms with Crippen LogP contribution in [0.2, 0.25) is 0 Å². The molecule has 3 rings (SSSR count). The molecule has 1 unspecified atom stereocenters. The zero-order valence-electron chi connectivity index (χ0n) is 11.2. The molecule has 1 atom stereocenters. The van der Waals surface area contributed by atoms with Crippen LogP contribution in [0.4, 0.5) is 5.69 Å². The van der Waals surface area contributed by atoms with Crippen molar-refractivity contribution in [3.8, 4) is 5.88 Å². The lowest BCUT2D eigenvalue weighted by atomic mass is 10.1. The number of hydrogen-bond acceptors (Lipinski definition) is 4. The van der Waals surface area contributed by atoms with Gasteiger partial charge in [-0.15, -0.1) is 0 Å². The third-order valence-electron chi connectivity index (χ3n) is 3.79. The van der Waals surface area contributed by atoms with Gasteiger partial charge in [0.15, 0.2) is 0 Å². The summed E-state index contributed by atoms with van der Waals surface area (Å²) in [7, 11) is 1.59. The molecule has 2 heterocycles. The minimum atomic E-state index is -0.763. The molecule has 2 aromatic rings. The van der Waals surface area contributed by atoms with Crippen LogP contribution in [0.3, 0.4) is 0 Å². The molecule has 0 amide bonds. The van der Waals surface area contributed by atoms with Crippen LogP contribution in [0.15, 0.2) is 30.5 Å². The first-order chi connectivity index (χ1) is 9.72. The molecule has 0 saturated carbocycles. The van der Waals surface area contributed by atoms with Crippen LogP contribution in [0.5, 0.6) is 5.88 Å². The van der Waals surface area contributed by atoms with Crippen LogP contribution in [0.25, 0.3) is 10.8 Å². The summed E-state index contributed by atoms with van der Waals surface area (Å²) in [5.41, 5.74) is 0.938. The molecule has 1 fully saturated rings. The van der Waals surface area contributed by atoms with Crippen LogP contribution in [0, 0.1) is 0 Å². The summed E-state index contributed by atoms with van der Waals surface area (Å²) < 4.78 is 5.27. The fraction of sp³-hybridized carbons (Fsp3) is 0.333. The molecule has 20 heavy (non-hydrogen) atoms. The lowest BCUT2D eigenvalue weighted by Crippen LogP contribution is -2.35. The first-order valence-electron chi connectivity index (χ1n) is 6.63. The summed E-state index contributed by atoms with van der Waals surface area (Å²) in [6.45, 7) is 0.765. The van der Waals surface area contributed by atoms with E-state index < -0.39 is 12.0 Å². The van der Waals surface area contributed by atoms with Crippen molar-refractivity contribution in [3.05, 3.63) is 30.5 Å². The topological polar surface area (TPSA) is 62.7 Å².